The van der Waals surface area contributed by atoms with Crippen LogP contribution in [0.2, 0.25) is 0 Å². The number of carbonyl (C=O) groups is 2. The molecule has 44 heavy (non-hydrogen) atoms. The van der Waals surface area contributed by atoms with Crippen LogP contribution >= 0.6 is 11.3 Å². The van der Waals surface area contributed by atoms with Gasteiger partial charge in [0.1, 0.15) is 11.5 Å². The van der Waals surface area contributed by atoms with Crippen molar-refractivity contribution in [1.82, 2.24) is 4.57 Å². The van der Waals surface area contributed by atoms with Crippen molar-refractivity contribution in [3.05, 3.63) is 145 Å². The van der Waals surface area contributed by atoms with Gasteiger partial charge in [-0.05, 0) is 43.7 Å². The molecule has 3 heterocycles. The molecular formula is C35H28N2O6S. The van der Waals surface area contributed by atoms with E-state index in [1.54, 1.807) is 60.9 Å². The summed E-state index contributed by atoms with van der Waals surface area (Å²) in [4.78, 5) is 44.9. The zero-order valence-corrected chi connectivity index (χ0v) is 24.9. The third kappa shape index (κ3) is 5.57. The standard InChI is InChI=1S/C35H28N2O6S/c1-3-41-33(39)25-17-15-22(16-18-25)27-20-19-26(43-27)21-28-32(38)37-31(24-13-9-6-10-14-24)29(34(40)42-4-2)30(36-35(37)44-28)23-11-7-5-8-12-23/h5-21,31H,3-4H2,1-2H3/b28-21-/t31-/m1/s1. The number of fused-ring (bicyclic) bond motifs is 1. The number of furan rings is 1. The van der Waals surface area contributed by atoms with Gasteiger partial charge in [-0.25, -0.2) is 14.6 Å². The fraction of sp³-hybridized carbons (Fsp3) is 0.143. The highest BCUT2D eigenvalue weighted by Crippen LogP contribution is 2.35. The highest BCUT2D eigenvalue weighted by Gasteiger charge is 2.35. The van der Waals surface area contributed by atoms with Crippen molar-refractivity contribution in [2.45, 2.75) is 19.9 Å². The van der Waals surface area contributed by atoms with Crippen LogP contribution in [0.5, 0.6) is 0 Å². The molecule has 0 aliphatic carbocycles. The number of benzene rings is 3. The third-order valence-electron chi connectivity index (χ3n) is 7.07. The van der Waals surface area contributed by atoms with E-state index >= 15 is 0 Å². The van der Waals surface area contributed by atoms with E-state index < -0.39 is 12.0 Å². The number of rotatable bonds is 8. The van der Waals surface area contributed by atoms with Gasteiger partial charge in [0.05, 0.1) is 40.6 Å². The Balaban J connectivity index is 1.46. The Morgan fingerprint density at radius 1 is 0.841 bits per heavy atom. The summed E-state index contributed by atoms with van der Waals surface area (Å²) in [5, 5.41) is 0. The molecule has 0 saturated heterocycles. The summed E-state index contributed by atoms with van der Waals surface area (Å²) in [6, 6.07) is 28.6. The van der Waals surface area contributed by atoms with E-state index in [0.29, 0.717) is 44.3 Å². The predicted octanol–water partition coefficient (Wildman–Crippen LogP) is 5.37. The van der Waals surface area contributed by atoms with Crippen LogP contribution in [0.15, 0.2) is 117 Å². The lowest BCUT2D eigenvalue weighted by Crippen LogP contribution is -2.39. The molecule has 5 aromatic rings. The largest absolute Gasteiger partial charge is 0.463 e. The Hall–Kier alpha value is -5.28. The number of thiazole rings is 1. The van der Waals surface area contributed by atoms with Crippen molar-refractivity contribution in [2.75, 3.05) is 13.2 Å². The SMILES string of the molecule is CCOC(=O)C1=C(c2ccccc2)N=c2s/c(=C\c3ccc(-c4ccc(C(=O)OCC)cc4)o3)c(=O)n2[C@@H]1c1ccccc1. The molecule has 0 fully saturated rings. The van der Waals surface area contributed by atoms with E-state index in [1.165, 1.54) is 11.3 Å². The molecule has 1 aliphatic heterocycles. The Bertz CT molecular complexity index is 2040. The van der Waals surface area contributed by atoms with Crippen LogP contribution in [0.1, 0.15) is 47.1 Å². The first kappa shape index (κ1) is 28.8. The first-order valence-electron chi connectivity index (χ1n) is 14.2. The molecule has 3 aromatic carbocycles. The van der Waals surface area contributed by atoms with Gasteiger partial charge < -0.3 is 13.9 Å². The number of hydrogen-bond donors (Lipinski definition) is 0. The van der Waals surface area contributed by atoms with Gasteiger partial charge in [0.15, 0.2) is 4.80 Å². The van der Waals surface area contributed by atoms with Gasteiger partial charge in [-0.2, -0.15) is 0 Å². The van der Waals surface area contributed by atoms with Crippen molar-refractivity contribution < 1.29 is 23.5 Å². The van der Waals surface area contributed by atoms with Crippen LogP contribution < -0.4 is 14.9 Å². The lowest BCUT2D eigenvalue weighted by Gasteiger charge is -2.25. The number of carbonyl (C=O) groups excluding carboxylic acids is 2. The van der Waals surface area contributed by atoms with E-state index in [9.17, 15) is 14.4 Å². The fourth-order valence-corrected chi connectivity index (χ4v) is 6.07. The highest BCUT2D eigenvalue weighted by atomic mass is 32.1. The Morgan fingerprint density at radius 2 is 1.50 bits per heavy atom. The number of hydrogen-bond acceptors (Lipinski definition) is 8. The van der Waals surface area contributed by atoms with Gasteiger partial charge >= 0.3 is 11.9 Å². The molecule has 0 unspecified atom stereocenters. The van der Waals surface area contributed by atoms with E-state index in [-0.39, 0.29) is 18.1 Å². The zero-order chi connectivity index (χ0) is 30.6. The second-order valence-corrected chi connectivity index (χ2v) is 10.9. The summed E-state index contributed by atoms with van der Waals surface area (Å²) in [6.07, 6.45) is 1.68. The van der Waals surface area contributed by atoms with Crippen molar-refractivity contribution >= 4 is 35.0 Å². The topological polar surface area (TPSA) is 100 Å². The number of nitrogens with zero attached hydrogens (tertiary/aromatic N) is 2. The first-order chi connectivity index (χ1) is 21.5. The summed E-state index contributed by atoms with van der Waals surface area (Å²) in [7, 11) is 0. The summed E-state index contributed by atoms with van der Waals surface area (Å²) < 4.78 is 18.6. The van der Waals surface area contributed by atoms with Crippen LogP contribution in [0.25, 0.3) is 23.1 Å². The fourth-order valence-electron chi connectivity index (χ4n) is 5.09. The third-order valence-corrected chi connectivity index (χ3v) is 8.05. The summed E-state index contributed by atoms with van der Waals surface area (Å²) in [5.41, 5.74) is 3.21. The molecule has 9 heteroatoms. The monoisotopic (exact) mass is 604 g/mol. The lowest BCUT2D eigenvalue weighted by atomic mass is 9.93. The predicted molar refractivity (Wildman–Crippen MR) is 168 cm³/mol. The smallest absolute Gasteiger partial charge is 0.338 e. The number of aromatic nitrogens is 1. The average molecular weight is 605 g/mol. The molecule has 8 nitrogen and oxygen atoms in total. The van der Waals surface area contributed by atoms with Crippen LogP contribution in [-0.2, 0) is 14.3 Å². The van der Waals surface area contributed by atoms with Crippen LogP contribution in [0, 0.1) is 0 Å². The maximum Gasteiger partial charge on any atom is 0.338 e. The molecule has 1 atom stereocenters. The van der Waals surface area contributed by atoms with Crippen molar-refractivity contribution in [3.63, 3.8) is 0 Å². The van der Waals surface area contributed by atoms with Gasteiger partial charge in [-0.15, -0.1) is 0 Å². The van der Waals surface area contributed by atoms with Crippen molar-refractivity contribution in [1.29, 1.82) is 0 Å². The van der Waals surface area contributed by atoms with Gasteiger partial charge in [0.2, 0.25) is 0 Å². The Labute approximate surface area is 256 Å². The van der Waals surface area contributed by atoms with E-state index in [1.807, 2.05) is 60.7 Å². The van der Waals surface area contributed by atoms with E-state index in [0.717, 1.165) is 16.7 Å². The Morgan fingerprint density at radius 3 is 2.18 bits per heavy atom. The minimum atomic E-state index is -0.742. The maximum absolute atomic E-state index is 14.0. The number of ether oxygens (including phenoxy) is 2. The molecule has 1 aliphatic rings. The second kappa shape index (κ2) is 12.5. The minimum absolute atomic E-state index is 0.183. The molecule has 6 rings (SSSR count). The van der Waals surface area contributed by atoms with Crippen LogP contribution in [-0.4, -0.2) is 29.7 Å². The highest BCUT2D eigenvalue weighted by molar-refractivity contribution is 7.07. The van der Waals surface area contributed by atoms with Crippen molar-refractivity contribution in [3.8, 4) is 11.3 Å². The van der Waals surface area contributed by atoms with Gasteiger partial charge in [-0.3, -0.25) is 9.36 Å². The van der Waals surface area contributed by atoms with Crippen molar-refractivity contribution in [2.24, 2.45) is 4.99 Å². The zero-order valence-electron chi connectivity index (χ0n) is 24.1. The molecule has 0 N–H and O–H groups in total. The Kier molecular flexibility index (Phi) is 8.21. The van der Waals surface area contributed by atoms with E-state index in [2.05, 4.69) is 0 Å². The molecule has 2 aromatic heterocycles. The maximum atomic E-state index is 14.0. The second-order valence-electron chi connectivity index (χ2n) is 9.84. The van der Waals surface area contributed by atoms with Crippen LogP contribution in [0.4, 0.5) is 0 Å². The molecule has 0 radical (unpaired) electrons. The summed E-state index contributed by atoms with van der Waals surface area (Å²) >= 11 is 1.23. The first-order valence-corrected chi connectivity index (χ1v) is 15.0. The molecule has 0 bridgehead atoms. The van der Waals surface area contributed by atoms with Gasteiger partial charge in [-0.1, -0.05) is 84.1 Å². The number of esters is 2. The summed E-state index contributed by atoms with van der Waals surface area (Å²) in [6.45, 7) is 4.00. The average Bonchev–Trinajstić information content (AvgIpc) is 3.65. The van der Waals surface area contributed by atoms with Gasteiger partial charge in [0, 0.05) is 17.2 Å². The normalized spacial score (nSPS) is 14.6. The molecular weight excluding hydrogens is 576 g/mol. The molecule has 0 spiro atoms. The van der Waals surface area contributed by atoms with E-state index in [4.69, 9.17) is 18.9 Å². The molecule has 0 saturated carbocycles. The molecule has 0 amide bonds. The molecule has 220 valence electrons. The quantitative estimate of drug-likeness (QED) is 0.221. The summed E-state index contributed by atoms with van der Waals surface area (Å²) in [5.74, 6) is 0.147. The lowest BCUT2D eigenvalue weighted by molar-refractivity contribution is -0.138. The van der Waals surface area contributed by atoms with Gasteiger partial charge in [0.25, 0.3) is 5.56 Å². The van der Waals surface area contributed by atoms with Crippen LogP contribution in [0.3, 0.4) is 0 Å². The minimum Gasteiger partial charge on any atom is -0.463 e.